The highest BCUT2D eigenvalue weighted by Gasteiger charge is 1.98. The molecule has 0 amide bonds. The van der Waals surface area contributed by atoms with Crippen LogP contribution in [-0.2, 0) is 5.75 Å². The van der Waals surface area contributed by atoms with Gasteiger partial charge in [-0.1, -0.05) is 23.7 Å². The number of hydrogen-bond donors (Lipinski definition) is 0. The molecule has 0 N–H and O–H groups in total. The Morgan fingerprint density at radius 3 is 2.65 bits per heavy atom. The third kappa shape index (κ3) is 3.65. The highest BCUT2D eigenvalue weighted by atomic mass is 35.5. The van der Waals surface area contributed by atoms with Gasteiger partial charge in [-0.15, -0.1) is 11.8 Å². The highest BCUT2D eigenvalue weighted by molar-refractivity contribution is 7.98. The average molecular weight is 266 g/mol. The minimum absolute atomic E-state index is 0.532. The van der Waals surface area contributed by atoms with E-state index in [4.69, 9.17) is 16.3 Å². The fraction of sp³-hybridized carbons (Fsp3) is 0.154. The molecule has 0 spiro atoms. The smallest absolute Gasteiger partial charge is 0.130 e. The van der Waals surface area contributed by atoms with Crippen LogP contribution in [0.4, 0.5) is 0 Å². The average Bonchev–Trinajstić information content (AvgIpc) is 2.37. The number of nitrogens with zero attached hydrogens (tertiary/aromatic N) is 1. The van der Waals surface area contributed by atoms with Gasteiger partial charge in [0.15, 0.2) is 0 Å². The zero-order valence-corrected chi connectivity index (χ0v) is 11.0. The van der Waals surface area contributed by atoms with Gasteiger partial charge in [0, 0.05) is 16.8 Å². The number of ether oxygens (including phenoxy) is 1. The third-order valence-corrected chi connectivity index (χ3v) is 3.53. The van der Waals surface area contributed by atoms with Gasteiger partial charge < -0.3 is 4.74 Å². The SMILES string of the molecule is COc1ccc(CSc2ccnc(Cl)c2)cc1. The number of hydrogen-bond acceptors (Lipinski definition) is 3. The summed E-state index contributed by atoms with van der Waals surface area (Å²) in [6.45, 7) is 0. The van der Waals surface area contributed by atoms with Crippen LogP contribution in [0.2, 0.25) is 5.15 Å². The lowest BCUT2D eigenvalue weighted by Gasteiger charge is -2.04. The zero-order valence-electron chi connectivity index (χ0n) is 9.39. The summed E-state index contributed by atoms with van der Waals surface area (Å²) in [6, 6.07) is 11.9. The van der Waals surface area contributed by atoms with Gasteiger partial charge in [0.05, 0.1) is 7.11 Å². The predicted molar refractivity (Wildman–Crippen MR) is 71.8 cm³/mol. The molecule has 0 fully saturated rings. The highest BCUT2D eigenvalue weighted by Crippen LogP contribution is 2.24. The summed E-state index contributed by atoms with van der Waals surface area (Å²) >= 11 is 7.56. The first-order valence-electron chi connectivity index (χ1n) is 5.15. The van der Waals surface area contributed by atoms with Crippen molar-refractivity contribution in [1.29, 1.82) is 0 Å². The van der Waals surface area contributed by atoms with Gasteiger partial charge in [-0.25, -0.2) is 4.98 Å². The molecule has 0 unspecified atom stereocenters. The van der Waals surface area contributed by atoms with Crippen LogP contribution in [0.15, 0.2) is 47.5 Å². The first-order valence-corrected chi connectivity index (χ1v) is 6.51. The molecule has 1 aromatic carbocycles. The molecule has 0 radical (unpaired) electrons. The van der Waals surface area contributed by atoms with Crippen molar-refractivity contribution in [2.75, 3.05) is 7.11 Å². The van der Waals surface area contributed by atoms with Crippen LogP contribution in [-0.4, -0.2) is 12.1 Å². The predicted octanol–water partition coefficient (Wildman–Crippen LogP) is 4.04. The van der Waals surface area contributed by atoms with E-state index in [-0.39, 0.29) is 0 Å². The van der Waals surface area contributed by atoms with Crippen molar-refractivity contribution in [3.8, 4) is 5.75 Å². The minimum Gasteiger partial charge on any atom is -0.497 e. The van der Waals surface area contributed by atoms with Gasteiger partial charge in [0.1, 0.15) is 10.9 Å². The number of methoxy groups -OCH3 is 1. The first-order chi connectivity index (χ1) is 8.28. The molecule has 2 rings (SSSR count). The molecule has 1 heterocycles. The van der Waals surface area contributed by atoms with Crippen LogP contribution in [0.25, 0.3) is 0 Å². The Kier molecular flexibility index (Phi) is 4.29. The second kappa shape index (κ2) is 5.94. The molecule has 2 nitrogen and oxygen atoms in total. The van der Waals surface area contributed by atoms with Gasteiger partial charge in [-0.05, 0) is 29.8 Å². The fourth-order valence-corrected chi connectivity index (χ4v) is 2.48. The van der Waals surface area contributed by atoms with Crippen LogP contribution in [0.1, 0.15) is 5.56 Å². The Morgan fingerprint density at radius 1 is 1.24 bits per heavy atom. The van der Waals surface area contributed by atoms with Crippen molar-refractivity contribution < 1.29 is 4.74 Å². The number of benzene rings is 1. The number of aromatic nitrogens is 1. The maximum Gasteiger partial charge on any atom is 0.130 e. The van der Waals surface area contributed by atoms with Gasteiger partial charge in [0.2, 0.25) is 0 Å². The van der Waals surface area contributed by atoms with Crippen molar-refractivity contribution in [1.82, 2.24) is 4.98 Å². The van der Waals surface area contributed by atoms with E-state index in [2.05, 4.69) is 17.1 Å². The molecule has 88 valence electrons. The lowest BCUT2D eigenvalue weighted by atomic mass is 10.2. The van der Waals surface area contributed by atoms with E-state index in [0.717, 1.165) is 16.4 Å². The lowest BCUT2D eigenvalue weighted by molar-refractivity contribution is 0.414. The monoisotopic (exact) mass is 265 g/mol. The normalized spacial score (nSPS) is 10.2. The van der Waals surface area contributed by atoms with Crippen LogP contribution in [0.5, 0.6) is 5.75 Å². The molecule has 4 heteroatoms. The standard InChI is InChI=1S/C13H12ClNOS/c1-16-11-4-2-10(3-5-11)9-17-12-6-7-15-13(14)8-12/h2-8H,9H2,1H3. The largest absolute Gasteiger partial charge is 0.497 e. The Bertz CT molecular complexity index is 487. The van der Waals surface area contributed by atoms with Crippen molar-refractivity contribution in [3.63, 3.8) is 0 Å². The second-order valence-electron chi connectivity index (χ2n) is 3.45. The summed E-state index contributed by atoms with van der Waals surface area (Å²) in [5.74, 6) is 1.79. The number of pyridine rings is 1. The molecule has 0 bridgehead atoms. The van der Waals surface area contributed by atoms with Crippen LogP contribution >= 0.6 is 23.4 Å². The minimum atomic E-state index is 0.532. The van der Waals surface area contributed by atoms with E-state index >= 15 is 0 Å². The lowest BCUT2D eigenvalue weighted by Crippen LogP contribution is -1.84. The van der Waals surface area contributed by atoms with Crippen molar-refractivity contribution in [2.45, 2.75) is 10.6 Å². The van der Waals surface area contributed by atoms with E-state index in [9.17, 15) is 0 Å². The number of rotatable bonds is 4. The molecule has 0 aliphatic rings. The summed E-state index contributed by atoms with van der Waals surface area (Å²) in [5.41, 5.74) is 1.25. The second-order valence-corrected chi connectivity index (χ2v) is 4.89. The molecule has 0 aliphatic heterocycles. The summed E-state index contributed by atoms with van der Waals surface area (Å²) in [4.78, 5) is 5.08. The first kappa shape index (κ1) is 12.3. The van der Waals surface area contributed by atoms with Gasteiger partial charge in [0.25, 0.3) is 0 Å². The Balaban J connectivity index is 1.97. The van der Waals surface area contributed by atoms with E-state index < -0.39 is 0 Å². The van der Waals surface area contributed by atoms with Crippen molar-refractivity contribution in [2.24, 2.45) is 0 Å². The quantitative estimate of drug-likeness (QED) is 0.615. The summed E-state index contributed by atoms with van der Waals surface area (Å²) in [6.07, 6.45) is 1.72. The zero-order chi connectivity index (χ0) is 12.1. The topological polar surface area (TPSA) is 22.1 Å². The number of halogens is 1. The van der Waals surface area contributed by atoms with Gasteiger partial charge in [-0.2, -0.15) is 0 Å². The van der Waals surface area contributed by atoms with E-state index in [1.807, 2.05) is 24.3 Å². The third-order valence-electron chi connectivity index (χ3n) is 2.26. The molecule has 2 aromatic rings. The maximum absolute atomic E-state index is 5.83. The maximum atomic E-state index is 5.83. The van der Waals surface area contributed by atoms with E-state index in [1.54, 1.807) is 25.1 Å². The van der Waals surface area contributed by atoms with Crippen LogP contribution < -0.4 is 4.74 Å². The summed E-state index contributed by atoms with van der Waals surface area (Å²) in [5, 5.41) is 0.532. The molecule has 17 heavy (non-hydrogen) atoms. The fourth-order valence-electron chi connectivity index (χ4n) is 1.36. The Labute approximate surface area is 110 Å². The molecule has 1 aromatic heterocycles. The molecule has 0 saturated heterocycles. The van der Waals surface area contributed by atoms with Gasteiger partial charge in [-0.3, -0.25) is 0 Å². The molecule has 0 aliphatic carbocycles. The summed E-state index contributed by atoms with van der Waals surface area (Å²) < 4.78 is 5.12. The van der Waals surface area contributed by atoms with Gasteiger partial charge >= 0.3 is 0 Å². The van der Waals surface area contributed by atoms with Crippen LogP contribution in [0, 0.1) is 0 Å². The molecule has 0 atom stereocenters. The van der Waals surface area contributed by atoms with E-state index in [1.165, 1.54) is 5.56 Å². The molecular formula is C13H12ClNOS. The summed E-state index contributed by atoms with van der Waals surface area (Å²) in [7, 11) is 1.67. The van der Waals surface area contributed by atoms with Crippen molar-refractivity contribution >= 4 is 23.4 Å². The number of thioether (sulfide) groups is 1. The molecule has 0 saturated carbocycles. The Hall–Kier alpha value is -1.19. The van der Waals surface area contributed by atoms with Crippen LogP contribution in [0.3, 0.4) is 0 Å². The van der Waals surface area contributed by atoms with Crippen molar-refractivity contribution in [3.05, 3.63) is 53.3 Å². The Morgan fingerprint density at radius 2 is 2.00 bits per heavy atom. The molecular weight excluding hydrogens is 254 g/mol. The van der Waals surface area contributed by atoms with E-state index in [0.29, 0.717) is 5.15 Å².